The average Bonchev–Trinajstić information content (AvgIpc) is 3.25. The zero-order valence-electron chi connectivity index (χ0n) is 22.1. The molecule has 0 bridgehead atoms. The minimum atomic E-state index is -4.05. The number of hydrogen-bond acceptors (Lipinski definition) is 8. The maximum absolute atomic E-state index is 13.3. The van der Waals surface area contributed by atoms with E-state index >= 15 is 0 Å². The lowest BCUT2D eigenvalue weighted by atomic mass is 10.1. The van der Waals surface area contributed by atoms with Crippen molar-refractivity contribution in [2.45, 2.75) is 38.1 Å². The second-order valence-electron chi connectivity index (χ2n) is 8.80. The monoisotopic (exact) mass is 560 g/mol. The number of hydrogen-bond donors (Lipinski definition) is 1. The van der Waals surface area contributed by atoms with E-state index in [4.69, 9.17) is 19.7 Å². The summed E-state index contributed by atoms with van der Waals surface area (Å²) in [5.74, 6) is -0.369. The van der Waals surface area contributed by atoms with Crippen molar-refractivity contribution in [3.8, 4) is 6.07 Å². The Bertz CT molecular complexity index is 1690. The van der Waals surface area contributed by atoms with Crippen LogP contribution in [0, 0.1) is 11.3 Å². The van der Waals surface area contributed by atoms with E-state index in [9.17, 15) is 18.0 Å². The summed E-state index contributed by atoms with van der Waals surface area (Å²) in [5, 5.41) is 9.07. The van der Waals surface area contributed by atoms with Gasteiger partial charge in [-0.2, -0.15) is 5.26 Å². The van der Waals surface area contributed by atoms with Gasteiger partial charge in [-0.1, -0.05) is 30.3 Å². The van der Waals surface area contributed by atoms with Crippen molar-refractivity contribution in [2.24, 2.45) is 0 Å². The number of nitriles is 1. The molecule has 0 aliphatic rings. The first-order valence-electron chi connectivity index (χ1n) is 12.6. The molecule has 4 aromatic rings. The van der Waals surface area contributed by atoms with Crippen LogP contribution in [-0.4, -0.2) is 43.1 Å². The summed E-state index contributed by atoms with van der Waals surface area (Å²) in [5.41, 5.74) is 3.11. The summed E-state index contributed by atoms with van der Waals surface area (Å²) in [6, 6.07) is 20.2. The van der Waals surface area contributed by atoms with Crippen LogP contribution in [0.25, 0.3) is 11.0 Å². The molecule has 0 spiro atoms. The maximum atomic E-state index is 13.3. The van der Waals surface area contributed by atoms with Gasteiger partial charge in [0.05, 0.1) is 52.9 Å². The molecular formula is C29H28N4O6S. The Kier molecular flexibility index (Phi) is 8.81. The van der Waals surface area contributed by atoms with E-state index in [2.05, 4.69) is 10.8 Å². The molecule has 0 amide bonds. The summed E-state index contributed by atoms with van der Waals surface area (Å²) in [7, 11) is -4.05. The van der Waals surface area contributed by atoms with Crippen LogP contribution < -0.4 is 4.72 Å². The molecule has 3 aromatic carbocycles. The van der Waals surface area contributed by atoms with Crippen molar-refractivity contribution in [2.75, 3.05) is 17.9 Å². The van der Waals surface area contributed by atoms with Crippen LogP contribution in [0.5, 0.6) is 0 Å². The van der Waals surface area contributed by atoms with Gasteiger partial charge >= 0.3 is 11.9 Å². The minimum Gasteiger partial charge on any atom is -0.466 e. The lowest BCUT2D eigenvalue weighted by Crippen LogP contribution is -2.17. The number of sulfonamides is 1. The topological polar surface area (TPSA) is 140 Å². The number of rotatable bonds is 11. The van der Waals surface area contributed by atoms with Crippen LogP contribution >= 0.6 is 0 Å². The minimum absolute atomic E-state index is 0.0301. The molecule has 206 valence electrons. The number of fused-ring (bicyclic) bond motifs is 1. The largest absolute Gasteiger partial charge is 0.466 e. The molecule has 1 aromatic heterocycles. The molecule has 0 saturated carbocycles. The van der Waals surface area contributed by atoms with Gasteiger partial charge in [-0.25, -0.2) is 13.4 Å². The van der Waals surface area contributed by atoms with Crippen LogP contribution in [0.2, 0.25) is 0 Å². The number of esters is 2. The Morgan fingerprint density at radius 2 is 1.68 bits per heavy atom. The second kappa shape index (κ2) is 12.4. The maximum Gasteiger partial charge on any atom is 0.326 e. The van der Waals surface area contributed by atoms with E-state index in [1.165, 1.54) is 6.07 Å². The Morgan fingerprint density at radius 3 is 2.38 bits per heavy atom. The number of benzene rings is 3. The fraction of sp³-hybridized carbons (Fsp3) is 0.241. The number of ether oxygens (including phenoxy) is 2. The van der Waals surface area contributed by atoms with Crippen LogP contribution in [-0.2, 0) is 48.5 Å². The number of aromatic nitrogens is 2. The van der Waals surface area contributed by atoms with Gasteiger partial charge < -0.3 is 14.0 Å². The first kappa shape index (κ1) is 28.3. The fourth-order valence-corrected chi connectivity index (χ4v) is 5.55. The highest BCUT2D eigenvalue weighted by Gasteiger charge is 2.21. The summed E-state index contributed by atoms with van der Waals surface area (Å²) >= 11 is 0. The Morgan fingerprint density at radius 1 is 0.975 bits per heavy atom. The SMILES string of the molecule is CCOC(=O)Cc1ccccc1S(=O)(=O)Nc1ccc2c(c1)nc(Cc1ccc(C#N)cc1)n2CC(=O)OCC. The van der Waals surface area contributed by atoms with E-state index < -0.39 is 22.0 Å². The van der Waals surface area contributed by atoms with Crippen molar-refractivity contribution in [3.05, 3.63) is 89.2 Å². The Balaban J connectivity index is 1.67. The molecule has 0 saturated heterocycles. The zero-order valence-corrected chi connectivity index (χ0v) is 22.9. The molecule has 0 fully saturated rings. The van der Waals surface area contributed by atoms with Gasteiger partial charge in [0, 0.05) is 6.42 Å². The molecule has 0 atom stereocenters. The number of anilines is 1. The highest BCUT2D eigenvalue weighted by Crippen LogP contribution is 2.26. The molecule has 10 nitrogen and oxygen atoms in total. The normalized spacial score (nSPS) is 11.1. The smallest absolute Gasteiger partial charge is 0.326 e. The molecule has 1 N–H and O–H groups in total. The third-order valence-electron chi connectivity index (χ3n) is 6.02. The first-order valence-corrected chi connectivity index (χ1v) is 14.1. The quantitative estimate of drug-likeness (QED) is 0.272. The Labute approximate surface area is 232 Å². The van der Waals surface area contributed by atoms with Gasteiger partial charge in [-0.05, 0) is 61.4 Å². The third kappa shape index (κ3) is 6.65. The molecule has 4 rings (SSSR count). The Hall–Kier alpha value is -4.69. The van der Waals surface area contributed by atoms with E-state index in [1.54, 1.807) is 66.9 Å². The van der Waals surface area contributed by atoms with Crippen molar-refractivity contribution < 1.29 is 27.5 Å². The second-order valence-corrected chi connectivity index (χ2v) is 10.5. The molecule has 40 heavy (non-hydrogen) atoms. The molecule has 1 heterocycles. The van der Waals surface area contributed by atoms with Gasteiger partial charge in [-0.3, -0.25) is 14.3 Å². The first-order chi connectivity index (χ1) is 19.2. The highest BCUT2D eigenvalue weighted by molar-refractivity contribution is 7.92. The van der Waals surface area contributed by atoms with Crippen LogP contribution in [0.1, 0.15) is 36.4 Å². The number of imidazole rings is 1. The lowest BCUT2D eigenvalue weighted by molar-refractivity contribution is -0.144. The summed E-state index contributed by atoms with van der Waals surface area (Å²) in [6.45, 7) is 3.77. The predicted molar refractivity (Wildman–Crippen MR) is 148 cm³/mol. The van der Waals surface area contributed by atoms with Gasteiger partial charge in [0.15, 0.2) is 0 Å². The van der Waals surface area contributed by atoms with Gasteiger partial charge in [0.25, 0.3) is 10.0 Å². The van der Waals surface area contributed by atoms with Crippen molar-refractivity contribution in [1.29, 1.82) is 5.26 Å². The molecule has 11 heteroatoms. The average molecular weight is 561 g/mol. The standard InChI is InChI=1S/C29H28N4O6S/c1-3-38-28(34)16-22-7-5-6-8-26(22)40(36,37)32-23-13-14-25-24(17-23)31-27(33(25)19-29(35)39-4-2)15-20-9-11-21(18-30)12-10-20/h5-14,17,32H,3-4,15-16,19H2,1-2H3. The van der Waals surface area contributed by atoms with E-state index in [0.29, 0.717) is 34.4 Å². The summed E-state index contributed by atoms with van der Waals surface area (Å²) in [4.78, 5) is 29.1. The molecular weight excluding hydrogens is 532 g/mol. The predicted octanol–water partition coefficient (Wildman–Crippen LogP) is 3.97. The molecule has 0 aliphatic heterocycles. The highest BCUT2D eigenvalue weighted by atomic mass is 32.2. The van der Waals surface area contributed by atoms with Crippen LogP contribution in [0.15, 0.2) is 71.6 Å². The summed E-state index contributed by atoms with van der Waals surface area (Å²) in [6.07, 6.45) is 0.197. The van der Waals surface area contributed by atoms with Crippen LogP contribution in [0.3, 0.4) is 0 Å². The zero-order chi connectivity index (χ0) is 28.7. The number of nitrogens with zero attached hydrogens (tertiary/aromatic N) is 3. The van der Waals surface area contributed by atoms with E-state index in [-0.39, 0.29) is 36.8 Å². The number of carbonyl (C=O) groups is 2. The lowest BCUT2D eigenvalue weighted by Gasteiger charge is -2.12. The number of nitrogens with one attached hydrogen (secondary N) is 1. The molecule has 0 unspecified atom stereocenters. The van der Waals surface area contributed by atoms with Crippen LogP contribution in [0.4, 0.5) is 5.69 Å². The molecule has 0 aliphatic carbocycles. The van der Waals surface area contributed by atoms with Crippen molar-refractivity contribution in [1.82, 2.24) is 9.55 Å². The van der Waals surface area contributed by atoms with Gasteiger partial charge in [-0.15, -0.1) is 0 Å². The number of carbonyl (C=O) groups excluding carboxylic acids is 2. The molecule has 0 radical (unpaired) electrons. The fourth-order valence-electron chi connectivity index (χ4n) is 4.26. The van der Waals surface area contributed by atoms with Gasteiger partial charge in [0.2, 0.25) is 0 Å². The van der Waals surface area contributed by atoms with E-state index in [0.717, 1.165) is 5.56 Å². The summed E-state index contributed by atoms with van der Waals surface area (Å²) < 4.78 is 41.0. The van der Waals surface area contributed by atoms with Crippen molar-refractivity contribution >= 4 is 38.7 Å². The van der Waals surface area contributed by atoms with Gasteiger partial charge in [0.1, 0.15) is 12.4 Å². The van der Waals surface area contributed by atoms with Crippen molar-refractivity contribution in [3.63, 3.8) is 0 Å². The third-order valence-corrected chi connectivity index (χ3v) is 7.50. The van der Waals surface area contributed by atoms with E-state index in [1.807, 2.05) is 12.1 Å².